The van der Waals surface area contributed by atoms with Crippen LogP contribution in [0.5, 0.6) is 0 Å². The van der Waals surface area contributed by atoms with Gasteiger partial charge in [-0.1, -0.05) is 19.3 Å². The first-order chi connectivity index (χ1) is 8.78. The highest BCUT2D eigenvalue weighted by Crippen LogP contribution is 2.18. The van der Waals surface area contributed by atoms with Crippen molar-refractivity contribution in [2.24, 2.45) is 5.92 Å². The third kappa shape index (κ3) is 4.25. The summed E-state index contributed by atoms with van der Waals surface area (Å²) in [6, 6.07) is 0.407. The second-order valence-electron chi connectivity index (χ2n) is 5.83. The van der Waals surface area contributed by atoms with Gasteiger partial charge in [0, 0.05) is 19.2 Å². The Morgan fingerprint density at radius 1 is 1.17 bits per heavy atom. The second kappa shape index (κ2) is 7.10. The molecule has 1 amide bonds. The van der Waals surface area contributed by atoms with Gasteiger partial charge in [0.15, 0.2) is 0 Å². The van der Waals surface area contributed by atoms with Crippen LogP contribution < -0.4 is 5.32 Å². The lowest BCUT2D eigenvalue weighted by atomic mass is 9.95. The Morgan fingerprint density at radius 3 is 2.67 bits per heavy atom. The maximum Gasteiger partial charge on any atom is 0.234 e. The van der Waals surface area contributed by atoms with Crippen LogP contribution in [0.1, 0.15) is 44.9 Å². The van der Waals surface area contributed by atoms with Gasteiger partial charge in [0.05, 0.1) is 6.54 Å². The maximum atomic E-state index is 12.0. The third-order valence-electron chi connectivity index (χ3n) is 4.20. The molecular weight excluding hydrogens is 228 g/mol. The standard InChI is InChI=1S/C14H26N2O2/c17-11-12-5-4-8-16(9-12)10-14(18)15-13-6-2-1-3-7-13/h12-13,17H,1-11H2,(H,15,18). The fourth-order valence-electron chi connectivity index (χ4n) is 3.17. The molecule has 1 saturated carbocycles. The first-order valence-corrected chi connectivity index (χ1v) is 7.40. The molecule has 0 spiro atoms. The molecule has 4 heteroatoms. The van der Waals surface area contributed by atoms with Gasteiger partial charge in [-0.3, -0.25) is 9.69 Å². The van der Waals surface area contributed by atoms with E-state index in [1.54, 1.807) is 0 Å². The number of hydrogen-bond acceptors (Lipinski definition) is 3. The fraction of sp³-hybridized carbons (Fsp3) is 0.929. The normalized spacial score (nSPS) is 27.1. The zero-order valence-corrected chi connectivity index (χ0v) is 11.2. The van der Waals surface area contributed by atoms with Gasteiger partial charge < -0.3 is 10.4 Å². The predicted octanol–water partition coefficient (Wildman–Crippen LogP) is 1.14. The van der Waals surface area contributed by atoms with E-state index in [2.05, 4.69) is 10.2 Å². The molecule has 2 aliphatic rings. The van der Waals surface area contributed by atoms with E-state index in [4.69, 9.17) is 0 Å². The Hall–Kier alpha value is -0.610. The molecule has 1 heterocycles. The van der Waals surface area contributed by atoms with Gasteiger partial charge in [-0.15, -0.1) is 0 Å². The minimum atomic E-state index is 0.167. The number of aliphatic hydroxyl groups excluding tert-OH is 1. The number of hydrogen-bond donors (Lipinski definition) is 2. The summed E-state index contributed by atoms with van der Waals surface area (Å²) in [6.45, 7) is 2.62. The van der Waals surface area contributed by atoms with Crippen molar-refractivity contribution in [3.05, 3.63) is 0 Å². The maximum absolute atomic E-state index is 12.0. The average Bonchev–Trinajstić information content (AvgIpc) is 2.40. The molecule has 1 saturated heterocycles. The van der Waals surface area contributed by atoms with Crippen molar-refractivity contribution in [3.8, 4) is 0 Å². The monoisotopic (exact) mass is 254 g/mol. The summed E-state index contributed by atoms with van der Waals surface area (Å²) in [4.78, 5) is 14.1. The lowest BCUT2D eigenvalue weighted by Gasteiger charge is -2.32. The molecule has 0 radical (unpaired) electrons. The first-order valence-electron chi connectivity index (χ1n) is 7.40. The predicted molar refractivity (Wildman–Crippen MR) is 71.3 cm³/mol. The van der Waals surface area contributed by atoms with Crippen molar-refractivity contribution in [2.75, 3.05) is 26.2 Å². The summed E-state index contributed by atoms with van der Waals surface area (Å²) >= 11 is 0. The van der Waals surface area contributed by atoms with Crippen LogP contribution in [-0.2, 0) is 4.79 Å². The number of nitrogens with one attached hydrogen (secondary N) is 1. The zero-order chi connectivity index (χ0) is 12.8. The van der Waals surface area contributed by atoms with E-state index in [9.17, 15) is 9.90 Å². The molecule has 0 aromatic rings. The highest BCUT2D eigenvalue weighted by Gasteiger charge is 2.22. The summed E-state index contributed by atoms with van der Waals surface area (Å²) in [5, 5.41) is 12.3. The van der Waals surface area contributed by atoms with Gasteiger partial charge in [-0.25, -0.2) is 0 Å². The highest BCUT2D eigenvalue weighted by molar-refractivity contribution is 5.78. The molecule has 2 fully saturated rings. The molecule has 2 rings (SSSR count). The van der Waals surface area contributed by atoms with Crippen molar-refractivity contribution in [3.63, 3.8) is 0 Å². The molecule has 4 nitrogen and oxygen atoms in total. The number of rotatable bonds is 4. The molecule has 1 unspecified atom stereocenters. The number of aliphatic hydroxyl groups is 1. The van der Waals surface area contributed by atoms with Crippen molar-refractivity contribution in [2.45, 2.75) is 51.0 Å². The van der Waals surface area contributed by atoms with Crippen LogP contribution >= 0.6 is 0 Å². The third-order valence-corrected chi connectivity index (χ3v) is 4.20. The Kier molecular flexibility index (Phi) is 5.45. The number of carbonyl (C=O) groups is 1. The fourth-order valence-corrected chi connectivity index (χ4v) is 3.17. The molecule has 0 bridgehead atoms. The van der Waals surface area contributed by atoms with Crippen LogP contribution in [0.15, 0.2) is 0 Å². The topological polar surface area (TPSA) is 52.6 Å². The lowest BCUT2D eigenvalue weighted by molar-refractivity contribution is -0.123. The Morgan fingerprint density at radius 2 is 1.94 bits per heavy atom. The number of amides is 1. The second-order valence-corrected chi connectivity index (χ2v) is 5.83. The van der Waals surface area contributed by atoms with Crippen LogP contribution in [0.3, 0.4) is 0 Å². The number of likely N-dealkylation sites (tertiary alicyclic amines) is 1. The molecule has 1 atom stereocenters. The minimum Gasteiger partial charge on any atom is -0.396 e. The number of piperidine rings is 1. The van der Waals surface area contributed by atoms with Crippen molar-refractivity contribution < 1.29 is 9.90 Å². The zero-order valence-electron chi connectivity index (χ0n) is 11.2. The Bertz CT molecular complexity index is 265. The van der Waals surface area contributed by atoms with Gasteiger partial charge >= 0.3 is 0 Å². The van der Waals surface area contributed by atoms with Crippen molar-refractivity contribution in [1.82, 2.24) is 10.2 Å². The lowest BCUT2D eigenvalue weighted by Crippen LogP contribution is -2.46. The summed E-state index contributed by atoms with van der Waals surface area (Å²) in [6.07, 6.45) is 8.30. The van der Waals surface area contributed by atoms with E-state index in [0.29, 0.717) is 18.5 Å². The van der Waals surface area contributed by atoms with Gasteiger partial charge in [0.1, 0.15) is 0 Å². The van der Waals surface area contributed by atoms with E-state index < -0.39 is 0 Å². The summed E-state index contributed by atoms with van der Waals surface area (Å²) in [5.74, 6) is 0.529. The summed E-state index contributed by atoms with van der Waals surface area (Å²) in [5.41, 5.74) is 0. The van der Waals surface area contributed by atoms with Gasteiger partial charge in [0.25, 0.3) is 0 Å². The largest absolute Gasteiger partial charge is 0.396 e. The quantitative estimate of drug-likeness (QED) is 0.791. The van der Waals surface area contributed by atoms with E-state index in [1.165, 1.54) is 19.3 Å². The van der Waals surface area contributed by atoms with Gasteiger partial charge in [-0.05, 0) is 38.1 Å². The van der Waals surface area contributed by atoms with Crippen LogP contribution in [0.4, 0.5) is 0 Å². The molecule has 0 aromatic carbocycles. The molecule has 1 aliphatic carbocycles. The van der Waals surface area contributed by atoms with Crippen LogP contribution in [0, 0.1) is 5.92 Å². The number of carbonyl (C=O) groups excluding carboxylic acids is 1. The van der Waals surface area contributed by atoms with Crippen LogP contribution in [0.25, 0.3) is 0 Å². The Balaban J connectivity index is 1.69. The van der Waals surface area contributed by atoms with Crippen molar-refractivity contribution in [1.29, 1.82) is 0 Å². The Labute approximate surface area is 110 Å². The number of nitrogens with zero attached hydrogens (tertiary/aromatic N) is 1. The summed E-state index contributed by atoms with van der Waals surface area (Å²) in [7, 11) is 0. The molecule has 104 valence electrons. The van der Waals surface area contributed by atoms with Crippen LogP contribution in [0.2, 0.25) is 0 Å². The molecular formula is C14H26N2O2. The SMILES string of the molecule is O=C(CN1CCCC(CO)C1)NC1CCCCC1. The van der Waals surface area contributed by atoms with E-state index in [0.717, 1.165) is 38.8 Å². The molecule has 2 N–H and O–H groups in total. The molecule has 18 heavy (non-hydrogen) atoms. The first kappa shape index (κ1) is 13.8. The molecule has 1 aliphatic heterocycles. The van der Waals surface area contributed by atoms with E-state index >= 15 is 0 Å². The van der Waals surface area contributed by atoms with E-state index in [1.807, 2.05) is 0 Å². The molecule has 0 aromatic heterocycles. The van der Waals surface area contributed by atoms with Gasteiger partial charge in [-0.2, -0.15) is 0 Å². The van der Waals surface area contributed by atoms with Crippen molar-refractivity contribution >= 4 is 5.91 Å². The van der Waals surface area contributed by atoms with Gasteiger partial charge in [0.2, 0.25) is 5.91 Å². The van der Waals surface area contributed by atoms with E-state index in [-0.39, 0.29) is 12.5 Å². The highest BCUT2D eigenvalue weighted by atomic mass is 16.3. The smallest absolute Gasteiger partial charge is 0.234 e. The average molecular weight is 254 g/mol. The minimum absolute atomic E-state index is 0.167. The summed E-state index contributed by atoms with van der Waals surface area (Å²) < 4.78 is 0. The van der Waals surface area contributed by atoms with Crippen LogP contribution in [-0.4, -0.2) is 48.2 Å².